The fourth-order valence-corrected chi connectivity index (χ4v) is 2.02. The topological polar surface area (TPSA) is 33.1 Å². The Hall–Kier alpha value is -1.45. The average Bonchev–Trinajstić information content (AvgIpc) is 2.34. The van der Waals surface area contributed by atoms with Crippen molar-refractivity contribution in [2.45, 2.75) is 18.9 Å². The SMILES string of the molecule is OC(Cc1ccccn1)Cc1ccc(F)cc1Cl. The van der Waals surface area contributed by atoms with Crippen LogP contribution in [0.2, 0.25) is 5.02 Å². The number of aliphatic hydroxyl groups is 1. The number of aromatic nitrogens is 1. The zero-order chi connectivity index (χ0) is 13.0. The van der Waals surface area contributed by atoms with Gasteiger partial charge in [0.05, 0.1) is 6.10 Å². The fourth-order valence-electron chi connectivity index (χ4n) is 1.77. The summed E-state index contributed by atoms with van der Waals surface area (Å²) in [5.74, 6) is -0.372. The van der Waals surface area contributed by atoms with Gasteiger partial charge in [-0.15, -0.1) is 0 Å². The van der Waals surface area contributed by atoms with Crippen molar-refractivity contribution < 1.29 is 9.50 Å². The van der Waals surface area contributed by atoms with Gasteiger partial charge in [-0.2, -0.15) is 0 Å². The zero-order valence-corrected chi connectivity index (χ0v) is 10.4. The molecule has 0 radical (unpaired) electrons. The number of nitrogens with zero attached hydrogens (tertiary/aromatic N) is 1. The van der Waals surface area contributed by atoms with Crippen LogP contribution in [-0.4, -0.2) is 16.2 Å². The molecule has 1 unspecified atom stereocenters. The second kappa shape index (κ2) is 5.94. The Balaban J connectivity index is 2.01. The van der Waals surface area contributed by atoms with Gasteiger partial charge in [-0.25, -0.2) is 4.39 Å². The lowest BCUT2D eigenvalue weighted by Gasteiger charge is -2.11. The van der Waals surface area contributed by atoms with Gasteiger partial charge in [-0.3, -0.25) is 4.98 Å². The molecular weight excluding hydrogens is 253 g/mol. The number of hydrogen-bond acceptors (Lipinski definition) is 2. The Kier molecular flexibility index (Phi) is 4.28. The Bertz CT molecular complexity index is 518. The number of pyridine rings is 1. The van der Waals surface area contributed by atoms with E-state index in [1.807, 2.05) is 18.2 Å². The molecule has 1 aromatic carbocycles. The third kappa shape index (κ3) is 3.52. The summed E-state index contributed by atoms with van der Waals surface area (Å²) in [6, 6.07) is 9.75. The number of rotatable bonds is 4. The van der Waals surface area contributed by atoms with Crippen LogP contribution in [0.15, 0.2) is 42.6 Å². The Labute approximate surface area is 110 Å². The first-order valence-electron chi connectivity index (χ1n) is 5.67. The Morgan fingerprint density at radius 3 is 2.72 bits per heavy atom. The molecule has 94 valence electrons. The quantitative estimate of drug-likeness (QED) is 0.922. The molecule has 18 heavy (non-hydrogen) atoms. The van der Waals surface area contributed by atoms with Crippen LogP contribution in [0.25, 0.3) is 0 Å². The van der Waals surface area contributed by atoms with Gasteiger partial charge in [0.1, 0.15) is 5.82 Å². The predicted octanol–water partition coefficient (Wildman–Crippen LogP) is 3.02. The van der Waals surface area contributed by atoms with Crippen LogP contribution in [0.4, 0.5) is 4.39 Å². The average molecular weight is 266 g/mol. The van der Waals surface area contributed by atoms with E-state index in [1.54, 1.807) is 12.3 Å². The van der Waals surface area contributed by atoms with Crippen LogP contribution < -0.4 is 0 Å². The molecule has 1 N–H and O–H groups in total. The maximum absolute atomic E-state index is 12.9. The maximum atomic E-state index is 12.9. The van der Waals surface area contributed by atoms with E-state index in [1.165, 1.54) is 12.1 Å². The maximum Gasteiger partial charge on any atom is 0.124 e. The van der Waals surface area contributed by atoms with Gasteiger partial charge in [0.25, 0.3) is 0 Å². The fraction of sp³-hybridized carbons (Fsp3) is 0.214. The Morgan fingerprint density at radius 1 is 1.22 bits per heavy atom. The number of benzene rings is 1. The molecule has 1 atom stereocenters. The van der Waals surface area contributed by atoms with E-state index < -0.39 is 6.10 Å². The monoisotopic (exact) mass is 265 g/mol. The van der Waals surface area contributed by atoms with Crippen molar-refractivity contribution in [2.24, 2.45) is 0 Å². The second-order valence-corrected chi connectivity index (χ2v) is 4.53. The van der Waals surface area contributed by atoms with Crippen LogP contribution in [0.5, 0.6) is 0 Å². The highest BCUT2D eigenvalue weighted by Gasteiger charge is 2.10. The smallest absolute Gasteiger partial charge is 0.124 e. The molecule has 0 saturated heterocycles. The van der Waals surface area contributed by atoms with Crippen LogP contribution in [0, 0.1) is 5.82 Å². The third-order valence-electron chi connectivity index (χ3n) is 2.64. The second-order valence-electron chi connectivity index (χ2n) is 4.12. The van der Waals surface area contributed by atoms with Crippen LogP contribution in [-0.2, 0) is 12.8 Å². The molecule has 2 nitrogen and oxygen atoms in total. The molecule has 0 fully saturated rings. The van der Waals surface area contributed by atoms with E-state index >= 15 is 0 Å². The Morgan fingerprint density at radius 2 is 2.06 bits per heavy atom. The summed E-state index contributed by atoms with van der Waals surface area (Å²) in [5, 5.41) is 10.3. The van der Waals surface area contributed by atoms with Crippen molar-refractivity contribution in [1.29, 1.82) is 0 Å². The molecule has 1 aromatic heterocycles. The summed E-state index contributed by atoms with van der Waals surface area (Å²) in [4.78, 5) is 4.14. The molecule has 1 heterocycles. The largest absolute Gasteiger partial charge is 0.392 e. The summed E-state index contributed by atoms with van der Waals surface area (Å²) >= 11 is 5.91. The first kappa shape index (κ1) is 13.0. The molecular formula is C14H13ClFNO. The van der Waals surface area contributed by atoms with E-state index in [2.05, 4.69) is 4.98 Å². The minimum Gasteiger partial charge on any atom is -0.392 e. The molecule has 2 aromatic rings. The van der Waals surface area contributed by atoms with E-state index in [9.17, 15) is 9.50 Å². The van der Waals surface area contributed by atoms with E-state index in [0.717, 1.165) is 11.3 Å². The lowest BCUT2D eigenvalue weighted by Crippen LogP contribution is -2.15. The minimum absolute atomic E-state index is 0.343. The molecule has 0 amide bonds. The van der Waals surface area contributed by atoms with Gasteiger partial charge in [0, 0.05) is 29.8 Å². The van der Waals surface area contributed by atoms with Crippen molar-refractivity contribution >= 4 is 11.6 Å². The first-order chi connectivity index (χ1) is 8.65. The summed E-state index contributed by atoms with van der Waals surface area (Å²) in [7, 11) is 0. The molecule has 0 spiro atoms. The van der Waals surface area contributed by atoms with Crippen LogP contribution >= 0.6 is 11.6 Å². The van der Waals surface area contributed by atoms with Crippen LogP contribution in [0.1, 0.15) is 11.3 Å². The molecule has 4 heteroatoms. The van der Waals surface area contributed by atoms with Gasteiger partial charge in [-0.05, 0) is 29.8 Å². The number of hydrogen-bond donors (Lipinski definition) is 1. The highest BCUT2D eigenvalue weighted by atomic mass is 35.5. The van der Waals surface area contributed by atoms with Gasteiger partial charge < -0.3 is 5.11 Å². The first-order valence-corrected chi connectivity index (χ1v) is 6.05. The lowest BCUT2D eigenvalue weighted by atomic mass is 10.0. The lowest BCUT2D eigenvalue weighted by molar-refractivity contribution is 0.174. The van der Waals surface area contributed by atoms with Gasteiger partial charge >= 0.3 is 0 Å². The molecule has 0 aliphatic heterocycles. The number of halogens is 2. The zero-order valence-electron chi connectivity index (χ0n) is 9.68. The van der Waals surface area contributed by atoms with Crippen molar-refractivity contribution in [2.75, 3.05) is 0 Å². The molecule has 0 saturated carbocycles. The summed E-state index contributed by atoms with van der Waals surface area (Å²) in [5.41, 5.74) is 1.56. The van der Waals surface area contributed by atoms with Gasteiger partial charge in [-0.1, -0.05) is 23.7 Å². The molecule has 0 aliphatic carbocycles. The van der Waals surface area contributed by atoms with E-state index in [0.29, 0.717) is 17.9 Å². The van der Waals surface area contributed by atoms with Gasteiger partial charge in [0.2, 0.25) is 0 Å². The summed E-state index contributed by atoms with van der Waals surface area (Å²) in [6.45, 7) is 0. The van der Waals surface area contributed by atoms with Crippen molar-refractivity contribution in [3.63, 3.8) is 0 Å². The highest BCUT2D eigenvalue weighted by Crippen LogP contribution is 2.19. The minimum atomic E-state index is -0.581. The van der Waals surface area contributed by atoms with Crippen molar-refractivity contribution in [1.82, 2.24) is 4.98 Å². The predicted molar refractivity (Wildman–Crippen MR) is 69.1 cm³/mol. The van der Waals surface area contributed by atoms with Crippen LogP contribution in [0.3, 0.4) is 0 Å². The van der Waals surface area contributed by atoms with Crippen molar-refractivity contribution in [3.8, 4) is 0 Å². The third-order valence-corrected chi connectivity index (χ3v) is 2.99. The summed E-state index contributed by atoms with van der Waals surface area (Å²) < 4.78 is 12.9. The van der Waals surface area contributed by atoms with E-state index in [4.69, 9.17) is 11.6 Å². The molecule has 0 aliphatic rings. The molecule has 2 rings (SSSR count). The van der Waals surface area contributed by atoms with Crippen molar-refractivity contribution in [3.05, 3.63) is 64.7 Å². The van der Waals surface area contributed by atoms with E-state index in [-0.39, 0.29) is 5.82 Å². The van der Waals surface area contributed by atoms with Gasteiger partial charge in [0.15, 0.2) is 0 Å². The highest BCUT2D eigenvalue weighted by molar-refractivity contribution is 6.31. The molecule has 0 bridgehead atoms. The summed E-state index contributed by atoms with van der Waals surface area (Å²) in [6.07, 6.45) is 1.94. The number of aliphatic hydroxyl groups excluding tert-OH is 1. The standard InChI is InChI=1S/C14H13ClFNO/c15-14-8-11(16)5-4-10(14)7-13(18)9-12-3-1-2-6-17-12/h1-6,8,13,18H,7,9H2. The normalized spacial score (nSPS) is 12.4.